The first-order valence-electron chi connectivity index (χ1n) is 4.94. The first-order chi connectivity index (χ1) is 6.47. The van der Waals surface area contributed by atoms with Gasteiger partial charge in [-0.05, 0) is 36.9 Å². The van der Waals surface area contributed by atoms with Gasteiger partial charge in [-0.25, -0.2) is 0 Å². The van der Waals surface area contributed by atoms with Crippen LogP contribution in [0.5, 0.6) is 0 Å². The number of benzene rings is 1. The van der Waals surface area contributed by atoms with Gasteiger partial charge in [0.2, 0.25) is 0 Å². The van der Waals surface area contributed by atoms with Gasteiger partial charge in [-0.15, -0.1) is 0 Å². The molecule has 0 aliphatic heterocycles. The van der Waals surface area contributed by atoms with Gasteiger partial charge in [0, 0.05) is 4.47 Å². The molecule has 1 aromatic rings. The maximum absolute atomic E-state index is 5.62. The standard InChI is InChI=1S/C12H18BrN/c1-9-4-5-11(13)10(8-9)12(2,3)6-7-14/h4-5,8H,6-7,14H2,1-3H3. The number of aryl methyl sites for hydroxylation is 1. The van der Waals surface area contributed by atoms with Crippen LogP contribution in [-0.4, -0.2) is 6.54 Å². The average molecular weight is 256 g/mol. The van der Waals surface area contributed by atoms with Crippen LogP contribution in [0.25, 0.3) is 0 Å². The molecule has 0 unspecified atom stereocenters. The molecule has 0 saturated heterocycles. The summed E-state index contributed by atoms with van der Waals surface area (Å²) in [7, 11) is 0. The fourth-order valence-corrected chi connectivity index (χ4v) is 2.44. The Kier molecular flexibility index (Phi) is 3.73. The van der Waals surface area contributed by atoms with E-state index in [2.05, 4.69) is 54.9 Å². The maximum atomic E-state index is 5.62. The molecule has 0 bridgehead atoms. The molecular weight excluding hydrogens is 238 g/mol. The summed E-state index contributed by atoms with van der Waals surface area (Å²) in [5, 5.41) is 0. The highest BCUT2D eigenvalue weighted by Crippen LogP contribution is 2.33. The quantitative estimate of drug-likeness (QED) is 0.881. The Bertz CT molecular complexity index is 318. The van der Waals surface area contributed by atoms with E-state index in [4.69, 9.17) is 5.73 Å². The molecule has 2 heteroatoms. The summed E-state index contributed by atoms with van der Waals surface area (Å²) in [5.41, 5.74) is 8.43. The molecule has 2 N–H and O–H groups in total. The van der Waals surface area contributed by atoms with E-state index in [1.807, 2.05) is 0 Å². The Morgan fingerprint density at radius 1 is 1.36 bits per heavy atom. The molecule has 1 nitrogen and oxygen atoms in total. The van der Waals surface area contributed by atoms with Crippen molar-refractivity contribution in [3.8, 4) is 0 Å². The van der Waals surface area contributed by atoms with E-state index in [1.54, 1.807) is 0 Å². The summed E-state index contributed by atoms with van der Waals surface area (Å²) in [5.74, 6) is 0. The third-order valence-corrected chi connectivity index (χ3v) is 3.31. The number of rotatable bonds is 3. The van der Waals surface area contributed by atoms with Gasteiger partial charge < -0.3 is 5.73 Å². The Hall–Kier alpha value is -0.340. The molecule has 0 aromatic heterocycles. The van der Waals surface area contributed by atoms with Crippen molar-refractivity contribution in [2.75, 3.05) is 6.54 Å². The summed E-state index contributed by atoms with van der Waals surface area (Å²) in [6.07, 6.45) is 1.01. The predicted octanol–water partition coefficient (Wildman–Crippen LogP) is 3.38. The second-order valence-corrected chi connectivity index (χ2v) is 5.26. The molecule has 0 spiro atoms. The number of halogens is 1. The van der Waals surface area contributed by atoms with Crippen molar-refractivity contribution < 1.29 is 0 Å². The summed E-state index contributed by atoms with van der Waals surface area (Å²) >= 11 is 3.60. The Morgan fingerprint density at radius 3 is 2.57 bits per heavy atom. The zero-order valence-electron chi connectivity index (χ0n) is 9.10. The first-order valence-corrected chi connectivity index (χ1v) is 5.73. The van der Waals surface area contributed by atoms with Gasteiger partial charge in [-0.1, -0.05) is 47.5 Å². The Balaban J connectivity index is 3.10. The Morgan fingerprint density at radius 2 is 2.00 bits per heavy atom. The third-order valence-electron chi connectivity index (χ3n) is 2.62. The molecular formula is C12H18BrN. The van der Waals surface area contributed by atoms with Crippen molar-refractivity contribution in [1.82, 2.24) is 0 Å². The molecule has 1 aromatic carbocycles. The van der Waals surface area contributed by atoms with E-state index >= 15 is 0 Å². The SMILES string of the molecule is Cc1ccc(Br)c(C(C)(C)CCN)c1. The second-order valence-electron chi connectivity index (χ2n) is 4.41. The molecule has 0 aliphatic rings. The molecule has 1 rings (SSSR count). The Labute approximate surface area is 94.8 Å². The molecule has 0 heterocycles. The normalized spacial score (nSPS) is 11.8. The molecule has 0 radical (unpaired) electrons. The minimum atomic E-state index is 0.152. The van der Waals surface area contributed by atoms with Crippen LogP contribution in [-0.2, 0) is 5.41 Å². The van der Waals surface area contributed by atoms with Crippen LogP contribution in [0.4, 0.5) is 0 Å². The van der Waals surface area contributed by atoms with E-state index in [9.17, 15) is 0 Å². The predicted molar refractivity (Wildman–Crippen MR) is 65.6 cm³/mol. The molecule has 14 heavy (non-hydrogen) atoms. The first kappa shape index (κ1) is 11.7. The molecule has 78 valence electrons. The monoisotopic (exact) mass is 255 g/mol. The largest absolute Gasteiger partial charge is 0.330 e. The number of hydrogen-bond donors (Lipinski definition) is 1. The van der Waals surface area contributed by atoms with Crippen molar-refractivity contribution in [1.29, 1.82) is 0 Å². The van der Waals surface area contributed by atoms with Crippen LogP contribution in [0, 0.1) is 6.92 Å². The fourth-order valence-electron chi connectivity index (χ4n) is 1.65. The zero-order chi connectivity index (χ0) is 10.8. The second kappa shape index (κ2) is 4.45. The zero-order valence-corrected chi connectivity index (χ0v) is 10.7. The lowest BCUT2D eigenvalue weighted by atomic mass is 9.81. The van der Waals surface area contributed by atoms with Crippen LogP contribution in [0.15, 0.2) is 22.7 Å². The van der Waals surface area contributed by atoms with Gasteiger partial charge in [0.05, 0.1) is 0 Å². The summed E-state index contributed by atoms with van der Waals surface area (Å²) in [6, 6.07) is 6.47. The van der Waals surface area contributed by atoms with E-state index in [0.29, 0.717) is 0 Å². The van der Waals surface area contributed by atoms with Gasteiger partial charge in [0.25, 0.3) is 0 Å². The highest BCUT2D eigenvalue weighted by Gasteiger charge is 2.21. The maximum Gasteiger partial charge on any atom is 0.0212 e. The van der Waals surface area contributed by atoms with Gasteiger partial charge in [-0.2, -0.15) is 0 Å². The van der Waals surface area contributed by atoms with Crippen LogP contribution < -0.4 is 5.73 Å². The molecule has 0 aliphatic carbocycles. The highest BCUT2D eigenvalue weighted by molar-refractivity contribution is 9.10. The molecule has 0 fully saturated rings. The van der Waals surface area contributed by atoms with Crippen molar-refractivity contribution in [3.63, 3.8) is 0 Å². The van der Waals surface area contributed by atoms with Crippen LogP contribution >= 0.6 is 15.9 Å². The topological polar surface area (TPSA) is 26.0 Å². The number of hydrogen-bond acceptors (Lipinski definition) is 1. The average Bonchev–Trinajstić information content (AvgIpc) is 2.09. The molecule has 0 atom stereocenters. The lowest BCUT2D eigenvalue weighted by molar-refractivity contribution is 0.485. The van der Waals surface area contributed by atoms with Crippen LogP contribution in [0.1, 0.15) is 31.4 Å². The van der Waals surface area contributed by atoms with Crippen molar-refractivity contribution in [3.05, 3.63) is 33.8 Å². The highest BCUT2D eigenvalue weighted by atomic mass is 79.9. The van der Waals surface area contributed by atoms with E-state index in [0.717, 1.165) is 13.0 Å². The van der Waals surface area contributed by atoms with E-state index in [-0.39, 0.29) is 5.41 Å². The lowest BCUT2D eigenvalue weighted by Crippen LogP contribution is -2.22. The van der Waals surface area contributed by atoms with Gasteiger partial charge in [0.15, 0.2) is 0 Å². The van der Waals surface area contributed by atoms with E-state index in [1.165, 1.54) is 15.6 Å². The smallest absolute Gasteiger partial charge is 0.0212 e. The summed E-state index contributed by atoms with van der Waals surface area (Å²) in [6.45, 7) is 7.32. The van der Waals surface area contributed by atoms with Crippen molar-refractivity contribution >= 4 is 15.9 Å². The van der Waals surface area contributed by atoms with E-state index < -0.39 is 0 Å². The molecule has 0 amide bonds. The van der Waals surface area contributed by atoms with Crippen LogP contribution in [0.3, 0.4) is 0 Å². The lowest BCUT2D eigenvalue weighted by Gasteiger charge is -2.26. The number of nitrogens with two attached hydrogens (primary N) is 1. The summed E-state index contributed by atoms with van der Waals surface area (Å²) in [4.78, 5) is 0. The molecule has 0 saturated carbocycles. The fraction of sp³-hybridized carbons (Fsp3) is 0.500. The van der Waals surface area contributed by atoms with Crippen molar-refractivity contribution in [2.24, 2.45) is 5.73 Å². The van der Waals surface area contributed by atoms with Crippen LogP contribution in [0.2, 0.25) is 0 Å². The van der Waals surface area contributed by atoms with Crippen molar-refractivity contribution in [2.45, 2.75) is 32.6 Å². The third kappa shape index (κ3) is 2.58. The summed E-state index contributed by atoms with van der Waals surface area (Å²) < 4.78 is 1.18. The minimum Gasteiger partial charge on any atom is -0.330 e. The minimum absolute atomic E-state index is 0.152. The van der Waals surface area contributed by atoms with Gasteiger partial charge >= 0.3 is 0 Å². The van der Waals surface area contributed by atoms with Gasteiger partial charge in [0.1, 0.15) is 0 Å². The van der Waals surface area contributed by atoms with Gasteiger partial charge in [-0.3, -0.25) is 0 Å².